The van der Waals surface area contributed by atoms with Gasteiger partial charge in [0.25, 0.3) is 0 Å². The molecule has 1 heterocycles. The molecule has 17 heavy (non-hydrogen) atoms. The van der Waals surface area contributed by atoms with Crippen LogP contribution in [0.4, 0.5) is 0 Å². The van der Waals surface area contributed by atoms with Crippen LogP contribution in [0.3, 0.4) is 0 Å². The molecular weight excluding hydrogens is 257 g/mol. The van der Waals surface area contributed by atoms with Gasteiger partial charge in [-0.1, -0.05) is 30.3 Å². The van der Waals surface area contributed by atoms with Crippen molar-refractivity contribution in [3.8, 4) is 11.3 Å². The zero-order valence-electron chi connectivity index (χ0n) is 9.24. The molecule has 0 aliphatic carbocycles. The molecule has 0 saturated carbocycles. The van der Waals surface area contributed by atoms with Crippen LogP contribution >= 0.6 is 24.8 Å². The van der Waals surface area contributed by atoms with Gasteiger partial charge in [-0.15, -0.1) is 24.8 Å². The summed E-state index contributed by atoms with van der Waals surface area (Å²) in [6.07, 6.45) is 2.50. The van der Waals surface area contributed by atoms with Crippen LogP contribution in [0.1, 0.15) is 5.82 Å². The van der Waals surface area contributed by atoms with Gasteiger partial charge in [-0.25, -0.2) is 9.97 Å². The van der Waals surface area contributed by atoms with E-state index in [1.54, 1.807) is 6.20 Å². The van der Waals surface area contributed by atoms with Crippen LogP contribution in [0, 0.1) is 0 Å². The number of nitrogens with zero attached hydrogens (tertiary/aromatic N) is 2. The van der Waals surface area contributed by atoms with E-state index in [9.17, 15) is 0 Å². The van der Waals surface area contributed by atoms with Crippen LogP contribution in [-0.2, 0) is 6.42 Å². The van der Waals surface area contributed by atoms with Crippen molar-refractivity contribution in [2.45, 2.75) is 6.42 Å². The monoisotopic (exact) mass is 271 g/mol. The SMILES string of the molecule is Cl.Cl.NCCc1nccc(-c2ccccc2)n1. The van der Waals surface area contributed by atoms with Gasteiger partial charge in [0.1, 0.15) is 5.82 Å². The molecule has 3 nitrogen and oxygen atoms in total. The van der Waals surface area contributed by atoms with Crippen molar-refractivity contribution in [2.75, 3.05) is 6.54 Å². The molecule has 0 bridgehead atoms. The van der Waals surface area contributed by atoms with Crippen molar-refractivity contribution in [2.24, 2.45) is 5.73 Å². The van der Waals surface area contributed by atoms with Gasteiger partial charge in [0.15, 0.2) is 0 Å². The second kappa shape index (κ2) is 8.01. The van der Waals surface area contributed by atoms with Gasteiger partial charge in [0.05, 0.1) is 5.69 Å². The smallest absolute Gasteiger partial charge is 0.130 e. The quantitative estimate of drug-likeness (QED) is 0.933. The average Bonchev–Trinajstić information content (AvgIpc) is 2.31. The molecule has 0 amide bonds. The Kier molecular flexibility index (Phi) is 7.46. The highest BCUT2D eigenvalue weighted by molar-refractivity contribution is 5.85. The summed E-state index contributed by atoms with van der Waals surface area (Å²) >= 11 is 0. The van der Waals surface area contributed by atoms with Gasteiger partial charge in [-0.05, 0) is 12.6 Å². The number of halogens is 2. The lowest BCUT2D eigenvalue weighted by atomic mass is 10.1. The molecule has 0 fully saturated rings. The minimum Gasteiger partial charge on any atom is -0.330 e. The lowest BCUT2D eigenvalue weighted by Gasteiger charge is -2.02. The maximum absolute atomic E-state index is 5.47. The van der Waals surface area contributed by atoms with Crippen LogP contribution < -0.4 is 5.73 Å². The van der Waals surface area contributed by atoms with Crippen molar-refractivity contribution in [3.63, 3.8) is 0 Å². The van der Waals surface area contributed by atoms with Gasteiger partial charge < -0.3 is 5.73 Å². The van der Waals surface area contributed by atoms with Crippen molar-refractivity contribution in [1.29, 1.82) is 0 Å². The molecular formula is C12H15Cl2N3. The largest absolute Gasteiger partial charge is 0.330 e. The third kappa shape index (κ3) is 4.30. The summed E-state index contributed by atoms with van der Waals surface area (Å²) in [5.74, 6) is 0.804. The summed E-state index contributed by atoms with van der Waals surface area (Å²) in [4.78, 5) is 8.61. The fraction of sp³-hybridized carbons (Fsp3) is 0.167. The number of aromatic nitrogens is 2. The Bertz CT molecular complexity index is 435. The highest BCUT2D eigenvalue weighted by Crippen LogP contribution is 2.15. The molecule has 1 aromatic heterocycles. The normalized spacial score (nSPS) is 9.00. The van der Waals surface area contributed by atoms with E-state index in [0.717, 1.165) is 23.5 Å². The number of hydrogen-bond donors (Lipinski definition) is 1. The van der Waals surface area contributed by atoms with E-state index in [1.807, 2.05) is 36.4 Å². The molecule has 0 atom stereocenters. The topological polar surface area (TPSA) is 51.8 Å². The average molecular weight is 272 g/mol. The van der Waals surface area contributed by atoms with Crippen molar-refractivity contribution >= 4 is 24.8 Å². The number of rotatable bonds is 3. The Morgan fingerprint density at radius 2 is 1.71 bits per heavy atom. The fourth-order valence-corrected chi connectivity index (χ4v) is 1.42. The Labute approximate surface area is 113 Å². The van der Waals surface area contributed by atoms with Crippen molar-refractivity contribution in [1.82, 2.24) is 9.97 Å². The van der Waals surface area contributed by atoms with Crippen LogP contribution in [-0.4, -0.2) is 16.5 Å². The molecule has 92 valence electrons. The summed E-state index contributed by atoms with van der Waals surface area (Å²) in [5.41, 5.74) is 7.53. The standard InChI is InChI=1S/C12H13N3.2ClH/c13-8-6-12-14-9-7-11(15-12)10-4-2-1-3-5-10;;/h1-5,7,9H,6,8,13H2;2*1H. The van der Waals surface area contributed by atoms with E-state index in [2.05, 4.69) is 9.97 Å². The highest BCUT2D eigenvalue weighted by atomic mass is 35.5. The summed E-state index contributed by atoms with van der Waals surface area (Å²) in [7, 11) is 0. The van der Waals surface area contributed by atoms with Gasteiger partial charge in [0.2, 0.25) is 0 Å². The fourth-order valence-electron chi connectivity index (χ4n) is 1.42. The molecule has 5 heteroatoms. The van der Waals surface area contributed by atoms with Crippen LogP contribution in [0.2, 0.25) is 0 Å². The maximum atomic E-state index is 5.47. The molecule has 2 aromatic rings. The van der Waals surface area contributed by atoms with Crippen molar-refractivity contribution in [3.05, 3.63) is 48.4 Å². The molecule has 0 radical (unpaired) electrons. The third-order valence-electron chi connectivity index (χ3n) is 2.14. The molecule has 0 aliphatic heterocycles. The third-order valence-corrected chi connectivity index (χ3v) is 2.14. The van der Waals surface area contributed by atoms with Crippen LogP contribution in [0.25, 0.3) is 11.3 Å². The Hall–Kier alpha value is -1.16. The zero-order valence-corrected chi connectivity index (χ0v) is 10.9. The first kappa shape index (κ1) is 15.8. The molecule has 0 saturated heterocycles. The maximum Gasteiger partial charge on any atom is 0.130 e. The molecule has 0 aliphatic rings. The highest BCUT2D eigenvalue weighted by Gasteiger charge is 2.00. The Morgan fingerprint density at radius 3 is 2.35 bits per heavy atom. The van der Waals surface area contributed by atoms with Crippen molar-refractivity contribution < 1.29 is 0 Å². The molecule has 0 spiro atoms. The van der Waals surface area contributed by atoms with E-state index in [-0.39, 0.29) is 24.8 Å². The lowest BCUT2D eigenvalue weighted by Crippen LogP contribution is -2.06. The van der Waals surface area contributed by atoms with Crippen LogP contribution in [0.5, 0.6) is 0 Å². The van der Waals surface area contributed by atoms with E-state index >= 15 is 0 Å². The van der Waals surface area contributed by atoms with Gasteiger partial charge in [-0.3, -0.25) is 0 Å². The summed E-state index contributed by atoms with van der Waals surface area (Å²) < 4.78 is 0. The Morgan fingerprint density at radius 1 is 1.00 bits per heavy atom. The predicted molar refractivity (Wildman–Crippen MR) is 74.7 cm³/mol. The van der Waals surface area contributed by atoms with Gasteiger partial charge in [0, 0.05) is 18.2 Å². The number of hydrogen-bond acceptors (Lipinski definition) is 3. The molecule has 0 unspecified atom stereocenters. The number of benzene rings is 1. The predicted octanol–water partition coefficient (Wildman–Crippen LogP) is 2.49. The minimum atomic E-state index is 0. The minimum absolute atomic E-state index is 0. The molecule has 2 rings (SSSR count). The first-order valence-corrected chi connectivity index (χ1v) is 4.97. The van der Waals surface area contributed by atoms with Gasteiger partial charge in [-0.2, -0.15) is 0 Å². The summed E-state index contributed by atoms with van der Waals surface area (Å²) in [6.45, 7) is 0.582. The number of nitrogens with two attached hydrogens (primary N) is 1. The first-order valence-electron chi connectivity index (χ1n) is 4.97. The summed E-state index contributed by atoms with van der Waals surface area (Å²) in [5, 5.41) is 0. The molecule has 1 aromatic carbocycles. The van der Waals surface area contributed by atoms with Crippen LogP contribution in [0.15, 0.2) is 42.6 Å². The summed E-state index contributed by atoms with van der Waals surface area (Å²) in [6, 6.07) is 12.0. The van der Waals surface area contributed by atoms with Gasteiger partial charge >= 0.3 is 0 Å². The first-order chi connectivity index (χ1) is 7.40. The lowest BCUT2D eigenvalue weighted by molar-refractivity contribution is 0.869. The second-order valence-corrected chi connectivity index (χ2v) is 3.26. The zero-order chi connectivity index (χ0) is 10.5. The second-order valence-electron chi connectivity index (χ2n) is 3.26. The molecule has 2 N–H and O–H groups in total. The van der Waals surface area contributed by atoms with E-state index in [4.69, 9.17) is 5.73 Å². The van der Waals surface area contributed by atoms with E-state index in [0.29, 0.717) is 6.54 Å². The Balaban J connectivity index is 0.00000128. The van der Waals surface area contributed by atoms with E-state index < -0.39 is 0 Å². The van der Waals surface area contributed by atoms with E-state index in [1.165, 1.54) is 0 Å².